The van der Waals surface area contributed by atoms with Gasteiger partial charge in [0.05, 0.1) is 0 Å². The van der Waals surface area contributed by atoms with Gasteiger partial charge in [0, 0.05) is 18.5 Å². The Morgan fingerprint density at radius 2 is 1.63 bits per heavy atom. The molecule has 0 atom stereocenters. The Hall–Kier alpha value is -2.62. The quantitative estimate of drug-likeness (QED) is 0.596. The molecule has 4 saturated carbocycles. The molecule has 7 rings (SSSR count). The maximum Gasteiger partial charge on any atom is 0.227 e. The van der Waals surface area contributed by atoms with E-state index in [0.717, 1.165) is 46.4 Å². The Morgan fingerprint density at radius 1 is 0.967 bits per heavy atom. The number of amides is 1. The van der Waals surface area contributed by atoms with Gasteiger partial charge in [0.15, 0.2) is 5.58 Å². The SMILES string of the molecule is O=C(CC12CC3CC(CC(C3)C1)C2)NCc1ccc(-c2nc3ccccc3o2)cc1. The predicted octanol–water partition coefficient (Wildman–Crippen LogP) is 5.72. The van der Waals surface area contributed by atoms with Crippen LogP contribution in [0.2, 0.25) is 0 Å². The van der Waals surface area contributed by atoms with Gasteiger partial charge in [-0.3, -0.25) is 4.79 Å². The van der Waals surface area contributed by atoms with E-state index in [-0.39, 0.29) is 5.91 Å². The zero-order valence-corrected chi connectivity index (χ0v) is 17.3. The van der Waals surface area contributed by atoms with E-state index in [1.165, 1.54) is 38.5 Å². The topological polar surface area (TPSA) is 55.1 Å². The van der Waals surface area contributed by atoms with Crippen LogP contribution in [0.25, 0.3) is 22.6 Å². The zero-order valence-electron chi connectivity index (χ0n) is 17.3. The maximum atomic E-state index is 12.8. The second-order valence-electron chi connectivity index (χ2n) is 10.1. The van der Waals surface area contributed by atoms with Gasteiger partial charge in [0.1, 0.15) is 5.52 Å². The highest BCUT2D eigenvalue weighted by Crippen LogP contribution is 2.61. The number of rotatable bonds is 5. The van der Waals surface area contributed by atoms with Crippen molar-refractivity contribution in [3.8, 4) is 11.5 Å². The molecule has 154 valence electrons. The molecule has 0 aliphatic heterocycles. The number of nitrogens with zero attached hydrogens (tertiary/aromatic N) is 1. The largest absolute Gasteiger partial charge is 0.436 e. The molecule has 4 nitrogen and oxygen atoms in total. The van der Waals surface area contributed by atoms with Gasteiger partial charge >= 0.3 is 0 Å². The molecule has 1 amide bonds. The molecule has 0 saturated heterocycles. The summed E-state index contributed by atoms with van der Waals surface area (Å²) >= 11 is 0. The summed E-state index contributed by atoms with van der Waals surface area (Å²) in [6.07, 6.45) is 8.84. The first-order valence-corrected chi connectivity index (χ1v) is 11.4. The molecule has 4 bridgehead atoms. The molecular formula is C26H28N2O2. The minimum Gasteiger partial charge on any atom is -0.436 e. The van der Waals surface area contributed by atoms with Crippen LogP contribution in [0.15, 0.2) is 52.9 Å². The monoisotopic (exact) mass is 400 g/mol. The van der Waals surface area contributed by atoms with Crippen molar-refractivity contribution in [2.24, 2.45) is 23.2 Å². The van der Waals surface area contributed by atoms with E-state index in [4.69, 9.17) is 4.42 Å². The fourth-order valence-electron chi connectivity index (χ4n) is 6.87. The van der Waals surface area contributed by atoms with Crippen LogP contribution in [0.5, 0.6) is 0 Å². The fraction of sp³-hybridized carbons (Fsp3) is 0.462. The third kappa shape index (κ3) is 3.32. The van der Waals surface area contributed by atoms with Gasteiger partial charge in [-0.05, 0) is 91.5 Å². The van der Waals surface area contributed by atoms with Gasteiger partial charge < -0.3 is 9.73 Å². The van der Waals surface area contributed by atoms with Crippen molar-refractivity contribution < 1.29 is 9.21 Å². The third-order valence-corrected chi connectivity index (χ3v) is 7.69. The maximum absolute atomic E-state index is 12.8. The number of aromatic nitrogens is 1. The number of benzene rings is 2. The summed E-state index contributed by atoms with van der Waals surface area (Å²) in [4.78, 5) is 17.3. The summed E-state index contributed by atoms with van der Waals surface area (Å²) in [5.74, 6) is 3.53. The predicted molar refractivity (Wildman–Crippen MR) is 117 cm³/mol. The Bertz CT molecular complexity index is 1010. The summed E-state index contributed by atoms with van der Waals surface area (Å²) in [7, 11) is 0. The molecule has 3 aromatic rings. The average Bonchev–Trinajstić information content (AvgIpc) is 3.15. The minimum absolute atomic E-state index is 0.222. The standard InChI is InChI=1S/C26H28N2O2/c29-24(15-26-12-18-9-19(13-26)11-20(10-18)14-26)27-16-17-5-7-21(8-6-17)25-28-22-3-1-2-4-23(22)30-25/h1-8,18-20H,9-16H2,(H,27,29). The first kappa shape index (κ1) is 18.2. The number of oxazole rings is 1. The summed E-state index contributed by atoms with van der Waals surface area (Å²) in [6, 6.07) is 15.9. The highest BCUT2D eigenvalue weighted by atomic mass is 16.3. The average molecular weight is 401 g/mol. The second kappa shape index (κ2) is 6.97. The smallest absolute Gasteiger partial charge is 0.227 e. The molecule has 4 aliphatic carbocycles. The van der Waals surface area contributed by atoms with Crippen molar-refractivity contribution >= 4 is 17.0 Å². The van der Waals surface area contributed by atoms with Crippen LogP contribution in [0.1, 0.15) is 50.5 Å². The van der Waals surface area contributed by atoms with Gasteiger partial charge in [-0.2, -0.15) is 0 Å². The van der Waals surface area contributed by atoms with Crippen LogP contribution in [0.3, 0.4) is 0 Å². The molecule has 1 heterocycles. The number of fused-ring (bicyclic) bond motifs is 1. The van der Waals surface area contributed by atoms with Crippen LogP contribution in [-0.4, -0.2) is 10.9 Å². The molecule has 2 aromatic carbocycles. The number of hydrogen-bond donors (Lipinski definition) is 1. The van der Waals surface area contributed by atoms with Crippen molar-refractivity contribution in [3.63, 3.8) is 0 Å². The number of nitrogens with one attached hydrogen (secondary N) is 1. The van der Waals surface area contributed by atoms with Crippen molar-refractivity contribution in [1.82, 2.24) is 10.3 Å². The lowest BCUT2D eigenvalue weighted by molar-refractivity contribution is -0.129. The molecule has 30 heavy (non-hydrogen) atoms. The molecule has 4 aliphatic rings. The summed E-state index contributed by atoms with van der Waals surface area (Å²) in [5.41, 5.74) is 4.03. The van der Waals surface area contributed by atoms with Gasteiger partial charge in [0.2, 0.25) is 11.8 Å². The van der Waals surface area contributed by atoms with Gasteiger partial charge in [-0.15, -0.1) is 0 Å². The van der Waals surface area contributed by atoms with E-state index < -0.39 is 0 Å². The first-order valence-electron chi connectivity index (χ1n) is 11.4. The van der Waals surface area contributed by atoms with E-state index in [1.807, 2.05) is 36.4 Å². The Kier molecular flexibility index (Phi) is 4.22. The Labute approximate surface area is 177 Å². The van der Waals surface area contributed by atoms with E-state index in [9.17, 15) is 4.79 Å². The molecule has 0 unspecified atom stereocenters. The van der Waals surface area contributed by atoms with Gasteiger partial charge in [-0.25, -0.2) is 4.98 Å². The third-order valence-electron chi connectivity index (χ3n) is 7.69. The Morgan fingerprint density at radius 3 is 2.30 bits per heavy atom. The summed E-state index contributed by atoms with van der Waals surface area (Å²) in [6.45, 7) is 0.582. The molecule has 0 radical (unpaired) electrons. The molecule has 1 N–H and O–H groups in total. The van der Waals surface area contributed by atoms with Crippen LogP contribution in [0.4, 0.5) is 0 Å². The number of hydrogen-bond acceptors (Lipinski definition) is 3. The lowest BCUT2D eigenvalue weighted by atomic mass is 9.49. The highest BCUT2D eigenvalue weighted by Gasteiger charge is 2.51. The van der Waals surface area contributed by atoms with E-state index in [2.05, 4.69) is 22.4 Å². The van der Waals surface area contributed by atoms with Crippen molar-refractivity contribution in [2.45, 2.75) is 51.5 Å². The second-order valence-corrected chi connectivity index (χ2v) is 10.1. The highest BCUT2D eigenvalue weighted by molar-refractivity contribution is 5.77. The van der Waals surface area contributed by atoms with Crippen molar-refractivity contribution in [1.29, 1.82) is 0 Å². The normalized spacial score (nSPS) is 29.4. The zero-order chi connectivity index (χ0) is 20.1. The van der Waals surface area contributed by atoms with E-state index in [0.29, 0.717) is 17.9 Å². The molecular weight excluding hydrogens is 372 g/mol. The number of carbonyl (C=O) groups excluding carboxylic acids is 1. The lowest BCUT2D eigenvalue weighted by Crippen LogP contribution is -2.47. The lowest BCUT2D eigenvalue weighted by Gasteiger charge is -2.56. The van der Waals surface area contributed by atoms with Gasteiger partial charge in [0.25, 0.3) is 0 Å². The minimum atomic E-state index is 0.222. The summed E-state index contributed by atoms with van der Waals surface area (Å²) in [5, 5.41) is 3.18. The van der Waals surface area contributed by atoms with Crippen LogP contribution in [-0.2, 0) is 11.3 Å². The molecule has 0 spiro atoms. The van der Waals surface area contributed by atoms with E-state index in [1.54, 1.807) is 0 Å². The number of para-hydroxylation sites is 2. The van der Waals surface area contributed by atoms with Gasteiger partial charge in [-0.1, -0.05) is 24.3 Å². The Balaban J connectivity index is 1.08. The molecule has 1 aromatic heterocycles. The van der Waals surface area contributed by atoms with Crippen molar-refractivity contribution in [3.05, 3.63) is 54.1 Å². The van der Waals surface area contributed by atoms with Crippen molar-refractivity contribution in [2.75, 3.05) is 0 Å². The molecule has 4 heteroatoms. The summed E-state index contributed by atoms with van der Waals surface area (Å²) < 4.78 is 5.85. The molecule has 4 fully saturated rings. The first-order chi connectivity index (χ1) is 14.6. The fourth-order valence-corrected chi connectivity index (χ4v) is 6.87. The number of carbonyl (C=O) groups is 1. The van der Waals surface area contributed by atoms with Crippen LogP contribution >= 0.6 is 0 Å². The van der Waals surface area contributed by atoms with Crippen LogP contribution in [0, 0.1) is 23.2 Å². The van der Waals surface area contributed by atoms with E-state index >= 15 is 0 Å². The van der Waals surface area contributed by atoms with Crippen LogP contribution < -0.4 is 5.32 Å².